The van der Waals surface area contributed by atoms with E-state index in [1.54, 1.807) is 0 Å². The highest BCUT2D eigenvalue weighted by molar-refractivity contribution is 7.78. The second-order valence-electron chi connectivity index (χ2n) is 4.75. The molecule has 2 rings (SSSR count). The zero-order valence-corrected chi connectivity index (χ0v) is 12.5. The van der Waals surface area contributed by atoms with Gasteiger partial charge in [-0.05, 0) is 0 Å². The minimum atomic E-state index is -2.91. The summed E-state index contributed by atoms with van der Waals surface area (Å²) in [5, 5.41) is 19.6. The highest BCUT2D eigenvalue weighted by Crippen LogP contribution is 2.43. The number of benzene rings is 2. The summed E-state index contributed by atoms with van der Waals surface area (Å²) in [7, 11) is -2.91. The third kappa shape index (κ3) is 4.02. The van der Waals surface area contributed by atoms with Crippen LogP contribution >= 0.6 is 7.14 Å². The summed E-state index contributed by atoms with van der Waals surface area (Å²) in [5.41, 5.74) is 0. The van der Waals surface area contributed by atoms with Crippen LogP contribution in [0, 0.1) is 0 Å². The summed E-state index contributed by atoms with van der Waals surface area (Å²) in [6.07, 6.45) is -0.956. The number of hydrogen-bond acceptors (Lipinski definition) is 4. The summed E-state index contributed by atoms with van der Waals surface area (Å²) in [4.78, 5) is 0. The summed E-state index contributed by atoms with van der Waals surface area (Å²) in [6, 6.07) is 18.4. The standard InChI is InChI=1S/C16H19O4P/c17-11-14(18)12-20-13-21(19,15-7-3-1-4-8-15)16-9-5-2-6-10-16/h1-10,14,17-18H,11-13H2. The minimum Gasteiger partial charge on any atom is -0.394 e. The zero-order chi connectivity index (χ0) is 15.1. The lowest BCUT2D eigenvalue weighted by Crippen LogP contribution is -2.24. The fourth-order valence-electron chi connectivity index (χ4n) is 2.01. The zero-order valence-electron chi connectivity index (χ0n) is 11.6. The average Bonchev–Trinajstić information content (AvgIpc) is 2.56. The fourth-order valence-corrected chi connectivity index (χ4v) is 4.27. The van der Waals surface area contributed by atoms with Crippen LogP contribution in [0.5, 0.6) is 0 Å². The first-order valence-corrected chi connectivity index (χ1v) is 8.63. The Morgan fingerprint density at radius 3 is 1.86 bits per heavy atom. The topological polar surface area (TPSA) is 66.8 Å². The molecule has 0 spiro atoms. The molecule has 1 unspecified atom stereocenters. The molecule has 0 radical (unpaired) electrons. The van der Waals surface area contributed by atoms with Gasteiger partial charge in [-0.15, -0.1) is 0 Å². The van der Waals surface area contributed by atoms with E-state index in [9.17, 15) is 9.67 Å². The lowest BCUT2D eigenvalue weighted by atomic mass is 10.4. The van der Waals surface area contributed by atoms with E-state index in [0.717, 1.165) is 10.6 Å². The van der Waals surface area contributed by atoms with E-state index in [4.69, 9.17) is 9.84 Å². The molecule has 4 nitrogen and oxygen atoms in total. The molecule has 0 amide bonds. The minimum absolute atomic E-state index is 0.00190. The number of aliphatic hydroxyl groups is 2. The highest BCUT2D eigenvalue weighted by Gasteiger charge is 2.27. The van der Waals surface area contributed by atoms with Crippen molar-refractivity contribution in [2.75, 3.05) is 19.6 Å². The van der Waals surface area contributed by atoms with Crippen LogP contribution in [0.25, 0.3) is 0 Å². The number of hydrogen-bond donors (Lipinski definition) is 2. The summed E-state index contributed by atoms with van der Waals surface area (Å²) in [6.45, 7) is -0.416. The Morgan fingerprint density at radius 1 is 0.952 bits per heavy atom. The summed E-state index contributed by atoms with van der Waals surface area (Å²) >= 11 is 0. The molecular weight excluding hydrogens is 287 g/mol. The Morgan fingerprint density at radius 2 is 1.43 bits per heavy atom. The van der Waals surface area contributed by atoms with Gasteiger partial charge in [0.1, 0.15) is 12.5 Å². The molecule has 0 aliphatic carbocycles. The lowest BCUT2D eigenvalue weighted by Gasteiger charge is -2.20. The molecule has 0 heterocycles. The normalized spacial score (nSPS) is 13.0. The first-order chi connectivity index (χ1) is 10.2. The van der Waals surface area contributed by atoms with E-state index < -0.39 is 13.2 Å². The molecule has 2 aromatic carbocycles. The highest BCUT2D eigenvalue weighted by atomic mass is 31.2. The number of rotatable bonds is 7. The molecule has 112 valence electrons. The average molecular weight is 306 g/mol. The number of ether oxygens (including phenoxy) is 1. The van der Waals surface area contributed by atoms with Gasteiger partial charge in [0, 0.05) is 10.6 Å². The van der Waals surface area contributed by atoms with Crippen LogP contribution in [-0.4, -0.2) is 35.9 Å². The molecule has 21 heavy (non-hydrogen) atoms. The predicted molar refractivity (Wildman–Crippen MR) is 83.7 cm³/mol. The van der Waals surface area contributed by atoms with Gasteiger partial charge in [0.25, 0.3) is 0 Å². The van der Waals surface area contributed by atoms with Gasteiger partial charge >= 0.3 is 0 Å². The van der Waals surface area contributed by atoms with Crippen molar-refractivity contribution in [2.45, 2.75) is 6.10 Å². The number of aliphatic hydroxyl groups excluding tert-OH is 2. The van der Waals surface area contributed by atoms with Crippen molar-refractivity contribution in [3.63, 3.8) is 0 Å². The third-order valence-electron chi connectivity index (χ3n) is 3.14. The van der Waals surface area contributed by atoms with Crippen LogP contribution in [0.1, 0.15) is 0 Å². The van der Waals surface area contributed by atoms with Crippen LogP contribution < -0.4 is 10.6 Å². The Kier molecular flexibility index (Phi) is 5.71. The van der Waals surface area contributed by atoms with Crippen LogP contribution in [0.4, 0.5) is 0 Å². The van der Waals surface area contributed by atoms with Crippen molar-refractivity contribution in [2.24, 2.45) is 0 Å². The molecule has 5 heteroatoms. The van der Waals surface area contributed by atoms with Gasteiger partial charge < -0.3 is 19.5 Å². The van der Waals surface area contributed by atoms with Gasteiger partial charge in [-0.25, -0.2) is 0 Å². The SMILES string of the molecule is O=P(COCC(O)CO)(c1ccccc1)c1ccccc1. The Balaban J connectivity index is 2.25. The molecule has 1 atom stereocenters. The van der Waals surface area contributed by atoms with E-state index in [1.165, 1.54) is 0 Å². The fraction of sp³-hybridized carbons (Fsp3) is 0.250. The monoisotopic (exact) mass is 306 g/mol. The first-order valence-electron chi connectivity index (χ1n) is 6.74. The van der Waals surface area contributed by atoms with Crippen molar-refractivity contribution in [3.8, 4) is 0 Å². The molecule has 0 aliphatic rings. The van der Waals surface area contributed by atoms with Crippen molar-refractivity contribution in [1.29, 1.82) is 0 Å². The van der Waals surface area contributed by atoms with Crippen molar-refractivity contribution >= 4 is 17.8 Å². The van der Waals surface area contributed by atoms with E-state index in [-0.39, 0.29) is 19.6 Å². The maximum Gasteiger partial charge on any atom is 0.167 e. The first kappa shape index (κ1) is 15.9. The van der Waals surface area contributed by atoms with E-state index in [0.29, 0.717) is 0 Å². The van der Waals surface area contributed by atoms with E-state index >= 15 is 0 Å². The maximum absolute atomic E-state index is 13.4. The van der Waals surface area contributed by atoms with E-state index in [2.05, 4.69) is 0 Å². The van der Waals surface area contributed by atoms with Gasteiger partial charge in [0.2, 0.25) is 0 Å². The Labute approximate surface area is 124 Å². The molecule has 0 saturated carbocycles. The molecule has 0 aromatic heterocycles. The molecular formula is C16H19O4P. The second kappa shape index (κ2) is 7.53. The predicted octanol–water partition coefficient (Wildman–Crippen LogP) is 1.33. The third-order valence-corrected chi connectivity index (χ3v) is 5.95. The Hall–Kier alpha value is -1.45. The van der Waals surface area contributed by atoms with Crippen molar-refractivity contribution in [3.05, 3.63) is 60.7 Å². The molecule has 0 aliphatic heterocycles. The molecule has 0 bridgehead atoms. The second-order valence-corrected chi connectivity index (χ2v) is 7.52. The van der Waals surface area contributed by atoms with Crippen molar-refractivity contribution in [1.82, 2.24) is 0 Å². The largest absolute Gasteiger partial charge is 0.394 e. The van der Waals surface area contributed by atoms with Gasteiger partial charge in [0.15, 0.2) is 7.14 Å². The van der Waals surface area contributed by atoms with Crippen LogP contribution in [0.2, 0.25) is 0 Å². The van der Waals surface area contributed by atoms with E-state index in [1.807, 2.05) is 60.7 Å². The molecule has 2 aromatic rings. The molecule has 0 saturated heterocycles. The van der Waals surface area contributed by atoms with Gasteiger partial charge in [-0.1, -0.05) is 60.7 Å². The van der Waals surface area contributed by atoms with Crippen LogP contribution in [-0.2, 0) is 9.30 Å². The van der Waals surface area contributed by atoms with Gasteiger partial charge in [-0.2, -0.15) is 0 Å². The lowest BCUT2D eigenvalue weighted by molar-refractivity contribution is 0.0196. The van der Waals surface area contributed by atoms with Crippen LogP contribution in [0.3, 0.4) is 0 Å². The van der Waals surface area contributed by atoms with Gasteiger partial charge in [-0.3, -0.25) is 0 Å². The van der Waals surface area contributed by atoms with Crippen LogP contribution in [0.15, 0.2) is 60.7 Å². The Bertz CT molecular complexity index is 542. The van der Waals surface area contributed by atoms with Crippen molar-refractivity contribution < 1.29 is 19.5 Å². The summed E-state index contributed by atoms with van der Waals surface area (Å²) < 4.78 is 18.8. The smallest absolute Gasteiger partial charge is 0.167 e. The van der Waals surface area contributed by atoms with Gasteiger partial charge in [0.05, 0.1) is 13.2 Å². The molecule has 2 N–H and O–H groups in total. The molecule has 0 fully saturated rings. The maximum atomic E-state index is 13.4. The summed E-state index contributed by atoms with van der Waals surface area (Å²) in [5.74, 6) is 0. The quantitative estimate of drug-likeness (QED) is 0.757.